The summed E-state index contributed by atoms with van der Waals surface area (Å²) in [6.45, 7) is 11.6. The normalized spacial score (nSPS) is 16.3. The Kier molecular flexibility index (Phi) is 8.20. The minimum absolute atomic E-state index is 0.118. The molecule has 5 rings (SSSR count). The van der Waals surface area contributed by atoms with Crippen molar-refractivity contribution in [2.24, 2.45) is 0 Å². The summed E-state index contributed by atoms with van der Waals surface area (Å²) in [5.74, 6) is -2.13. The molecule has 0 saturated carbocycles. The zero-order chi connectivity index (χ0) is 32.0. The Morgan fingerprint density at radius 1 is 0.886 bits per heavy atom. The van der Waals surface area contributed by atoms with E-state index >= 15 is 0 Å². The highest BCUT2D eigenvalue weighted by atomic mass is 16.5. The number of rotatable bonds is 6. The third-order valence-corrected chi connectivity index (χ3v) is 9.11. The predicted molar refractivity (Wildman–Crippen MR) is 168 cm³/mol. The zero-order valence-electron chi connectivity index (χ0n) is 26.4. The van der Waals surface area contributed by atoms with Gasteiger partial charge in [0, 0.05) is 46.2 Å². The number of aromatic carboxylic acids is 1. The van der Waals surface area contributed by atoms with E-state index in [1.54, 1.807) is 6.92 Å². The molecule has 10 heteroatoms. The molecular formula is C34H38N4O6. The molecule has 3 N–H and O–H groups in total. The fourth-order valence-corrected chi connectivity index (χ4v) is 6.50. The smallest absolute Gasteiger partial charge is 0.340 e. The molecule has 0 spiro atoms. The highest BCUT2D eigenvalue weighted by molar-refractivity contribution is 6.25. The average molecular weight is 599 g/mol. The summed E-state index contributed by atoms with van der Waals surface area (Å²) in [4.78, 5) is 54.7. The molecule has 0 amide bonds. The van der Waals surface area contributed by atoms with Gasteiger partial charge in [0.2, 0.25) is 0 Å². The van der Waals surface area contributed by atoms with Crippen LogP contribution >= 0.6 is 0 Å². The predicted octanol–water partition coefficient (Wildman–Crippen LogP) is 6.44. The van der Waals surface area contributed by atoms with Crippen molar-refractivity contribution in [1.82, 2.24) is 19.9 Å². The van der Waals surface area contributed by atoms with Crippen LogP contribution in [0.3, 0.4) is 0 Å². The van der Waals surface area contributed by atoms with Gasteiger partial charge in [-0.15, -0.1) is 0 Å². The third-order valence-electron chi connectivity index (χ3n) is 9.11. The number of fused-ring (bicyclic) bond motifs is 8. The van der Waals surface area contributed by atoms with Crippen LogP contribution in [-0.2, 0) is 25.5 Å². The maximum Gasteiger partial charge on any atom is 0.340 e. The van der Waals surface area contributed by atoms with Gasteiger partial charge in [0.15, 0.2) is 0 Å². The molecule has 2 atom stereocenters. The van der Waals surface area contributed by atoms with Crippen LogP contribution in [0.25, 0.3) is 33.2 Å². The van der Waals surface area contributed by atoms with Crippen molar-refractivity contribution >= 4 is 51.1 Å². The largest absolute Gasteiger partial charge is 0.478 e. The first-order valence-corrected chi connectivity index (χ1v) is 14.7. The fourth-order valence-electron chi connectivity index (χ4n) is 6.50. The number of H-pyrrole nitrogens is 2. The standard InChI is InChI=1S/C34H38N4O6/c1-9-20-15(2)22-14-27-29(33(40)41)17(4)24(36-27)12-23-16(3)21(10-11-28(39)43-7)31(37-23)19(6)32-30(34(42)44-8)18(5)25(38-32)13-26(20)35-22/h12-14,16,21,35-36H,9-11H2,1-8H3,(H,40,41)/t16-,21-/m0/s1. The van der Waals surface area contributed by atoms with E-state index < -0.39 is 11.9 Å². The molecule has 10 nitrogen and oxygen atoms in total. The van der Waals surface area contributed by atoms with Crippen LogP contribution in [-0.4, -0.2) is 57.2 Å². The summed E-state index contributed by atoms with van der Waals surface area (Å²) in [6.07, 6.45) is 1.40. The van der Waals surface area contributed by atoms with Gasteiger partial charge < -0.3 is 24.5 Å². The first kappa shape index (κ1) is 30.7. The Bertz CT molecular complexity index is 1910. The van der Waals surface area contributed by atoms with E-state index in [9.17, 15) is 19.5 Å². The van der Waals surface area contributed by atoms with Gasteiger partial charge in [-0.05, 0) is 86.6 Å². The Labute approximate surface area is 255 Å². The molecule has 230 valence electrons. The summed E-state index contributed by atoms with van der Waals surface area (Å²) in [5.41, 5.74) is 9.91. The van der Waals surface area contributed by atoms with E-state index in [1.807, 2.05) is 45.9 Å². The number of aryl methyl sites for hydroxylation is 3. The first-order valence-electron chi connectivity index (χ1n) is 14.7. The SMILES string of the molecule is CCc1c(C)c2cc3[nH]c(cc4nc(c(C)c5nc(cc1[nH]2)C(C)=C5C(=O)OC)[C@@H](CCC(=O)OC)[C@@H]4C)c(C)c3C(=O)O. The number of carbonyl (C=O) groups is 3. The summed E-state index contributed by atoms with van der Waals surface area (Å²) in [7, 11) is 2.72. The molecule has 3 aromatic heterocycles. The molecule has 44 heavy (non-hydrogen) atoms. The van der Waals surface area contributed by atoms with E-state index in [0.717, 1.165) is 40.0 Å². The van der Waals surface area contributed by atoms with Crippen LogP contribution in [0.1, 0.15) is 101 Å². The van der Waals surface area contributed by atoms with Crippen LogP contribution in [0.4, 0.5) is 0 Å². The maximum absolute atomic E-state index is 13.2. The quantitative estimate of drug-likeness (QED) is 0.275. The molecule has 2 aliphatic heterocycles. The van der Waals surface area contributed by atoms with Crippen molar-refractivity contribution < 1.29 is 29.0 Å². The maximum atomic E-state index is 13.2. The molecule has 0 aliphatic carbocycles. The number of methoxy groups -OCH3 is 2. The van der Waals surface area contributed by atoms with Crippen molar-refractivity contribution in [2.75, 3.05) is 14.2 Å². The van der Waals surface area contributed by atoms with Crippen LogP contribution in [0.15, 0.2) is 18.2 Å². The molecule has 0 fully saturated rings. The molecule has 0 saturated heterocycles. The van der Waals surface area contributed by atoms with Gasteiger partial charge in [-0.3, -0.25) is 9.78 Å². The van der Waals surface area contributed by atoms with Gasteiger partial charge in [-0.1, -0.05) is 13.8 Å². The second kappa shape index (κ2) is 11.7. The zero-order valence-corrected chi connectivity index (χ0v) is 26.4. The van der Waals surface area contributed by atoms with Gasteiger partial charge in [0.05, 0.1) is 42.3 Å². The van der Waals surface area contributed by atoms with Gasteiger partial charge in [0.25, 0.3) is 0 Å². The van der Waals surface area contributed by atoms with Crippen molar-refractivity contribution in [2.45, 2.75) is 72.6 Å². The Balaban J connectivity index is 1.97. The second-order valence-electron chi connectivity index (χ2n) is 11.5. The third kappa shape index (κ3) is 5.08. The number of carboxylic acids is 1. The lowest BCUT2D eigenvalue weighted by molar-refractivity contribution is -0.140. The molecule has 2 aliphatic rings. The van der Waals surface area contributed by atoms with Gasteiger partial charge in [-0.2, -0.15) is 0 Å². The van der Waals surface area contributed by atoms with E-state index in [1.165, 1.54) is 14.2 Å². The lowest BCUT2D eigenvalue weighted by atomic mass is 9.85. The number of carbonyl (C=O) groups excluding carboxylic acids is 2. The summed E-state index contributed by atoms with van der Waals surface area (Å²) < 4.78 is 10.1. The number of hydrogen-bond acceptors (Lipinski definition) is 7. The Hall–Kier alpha value is -4.73. The summed E-state index contributed by atoms with van der Waals surface area (Å²) in [6, 6.07) is 5.64. The molecule has 0 aromatic carbocycles. The molecule has 0 unspecified atom stereocenters. The second-order valence-corrected chi connectivity index (χ2v) is 11.5. The highest BCUT2D eigenvalue weighted by Crippen LogP contribution is 2.43. The molecular weight excluding hydrogens is 560 g/mol. The average Bonchev–Trinajstić information content (AvgIpc) is 3.68. The van der Waals surface area contributed by atoms with Crippen molar-refractivity contribution in [3.63, 3.8) is 0 Å². The van der Waals surface area contributed by atoms with Crippen molar-refractivity contribution in [3.05, 3.63) is 68.8 Å². The van der Waals surface area contributed by atoms with E-state index in [4.69, 9.17) is 19.4 Å². The number of ether oxygens (including phenoxy) is 2. The molecule has 5 heterocycles. The number of aromatic nitrogens is 4. The lowest BCUT2D eigenvalue weighted by Crippen LogP contribution is -2.10. The summed E-state index contributed by atoms with van der Waals surface area (Å²) >= 11 is 0. The van der Waals surface area contributed by atoms with E-state index in [2.05, 4.69) is 16.9 Å². The highest BCUT2D eigenvalue weighted by Gasteiger charge is 2.34. The number of hydrogen-bond donors (Lipinski definition) is 3. The van der Waals surface area contributed by atoms with Crippen LogP contribution in [0, 0.1) is 20.8 Å². The fraction of sp³-hybridized carbons (Fsp3) is 0.382. The number of carboxylic acid groups (broad SMARTS) is 1. The topological polar surface area (TPSA) is 147 Å². The van der Waals surface area contributed by atoms with Crippen molar-refractivity contribution in [3.8, 4) is 0 Å². The van der Waals surface area contributed by atoms with Crippen LogP contribution in [0.2, 0.25) is 0 Å². The monoisotopic (exact) mass is 598 g/mol. The molecule has 3 aromatic rings. The van der Waals surface area contributed by atoms with E-state index in [0.29, 0.717) is 51.1 Å². The first-order chi connectivity index (χ1) is 20.9. The molecule has 0 radical (unpaired) electrons. The number of nitrogens with one attached hydrogen (secondary N) is 2. The number of aromatic amines is 2. The molecule has 8 bridgehead atoms. The van der Waals surface area contributed by atoms with Crippen LogP contribution < -0.4 is 0 Å². The van der Waals surface area contributed by atoms with Gasteiger partial charge in [-0.25, -0.2) is 14.6 Å². The number of allylic oxidation sites excluding steroid dienone is 1. The minimum Gasteiger partial charge on any atom is -0.478 e. The summed E-state index contributed by atoms with van der Waals surface area (Å²) in [5, 5.41) is 10.2. The van der Waals surface area contributed by atoms with E-state index in [-0.39, 0.29) is 29.8 Å². The Morgan fingerprint density at radius 2 is 1.57 bits per heavy atom. The van der Waals surface area contributed by atoms with Crippen LogP contribution in [0.5, 0.6) is 0 Å². The van der Waals surface area contributed by atoms with Gasteiger partial charge >= 0.3 is 17.9 Å². The number of esters is 2. The van der Waals surface area contributed by atoms with Gasteiger partial charge in [0.1, 0.15) is 0 Å². The van der Waals surface area contributed by atoms with Crippen molar-refractivity contribution in [1.29, 1.82) is 0 Å². The minimum atomic E-state index is -1.03. The lowest BCUT2D eigenvalue weighted by Gasteiger charge is -2.17. The number of nitrogens with zero attached hydrogens (tertiary/aromatic N) is 2. The Morgan fingerprint density at radius 3 is 2.20 bits per heavy atom.